The Balaban J connectivity index is 0.00000261. The molecule has 0 aliphatic carbocycles. The smallest absolute Gasteiger partial charge is 0.266 e. The van der Waals surface area contributed by atoms with Crippen molar-refractivity contribution in [3.8, 4) is 5.69 Å². The van der Waals surface area contributed by atoms with Crippen molar-refractivity contribution in [1.82, 2.24) is 9.55 Å². The Morgan fingerprint density at radius 3 is 2.63 bits per heavy atom. The monoisotopic (exact) mass is 371 g/mol. The number of nitrogens with zero attached hydrogens (tertiary/aromatic N) is 2. The molecule has 1 aromatic heterocycles. The Morgan fingerprint density at radius 2 is 1.96 bits per heavy atom. The summed E-state index contributed by atoms with van der Waals surface area (Å²) < 4.78 is 14.9. The molecule has 3 rings (SSSR count). The van der Waals surface area contributed by atoms with Crippen molar-refractivity contribution < 1.29 is 14.7 Å². The Labute approximate surface area is 156 Å². The molecule has 142 valence electrons. The number of halogens is 1. The minimum absolute atomic E-state index is 0. The molecule has 0 unspecified atom stereocenters. The summed E-state index contributed by atoms with van der Waals surface area (Å²) in [6, 6.07) is 12.2. The molecule has 1 amide bonds. The van der Waals surface area contributed by atoms with Crippen LogP contribution in [0.15, 0.2) is 47.3 Å². The van der Waals surface area contributed by atoms with Crippen molar-refractivity contribution in [3.05, 3.63) is 64.2 Å². The molecular weight excluding hydrogens is 349 g/mol. The average molecular weight is 371 g/mol. The molecule has 0 bridgehead atoms. The highest BCUT2D eigenvalue weighted by Gasteiger charge is 2.15. The second-order valence-corrected chi connectivity index (χ2v) is 6.12. The fraction of sp³-hybridized carbons (Fsp3) is 0.250. The van der Waals surface area contributed by atoms with Crippen LogP contribution in [0.3, 0.4) is 0 Å². The maximum atomic E-state index is 13.6. The number of carbonyl (C=O) groups is 1. The minimum Gasteiger partial charge on any atom is -0.412 e. The Kier molecular flexibility index (Phi) is 6.41. The lowest BCUT2D eigenvalue weighted by atomic mass is 10.1. The van der Waals surface area contributed by atoms with Crippen LogP contribution in [0, 0.1) is 6.92 Å². The second kappa shape index (κ2) is 8.55. The van der Waals surface area contributed by atoms with E-state index in [0.717, 1.165) is 12.0 Å². The van der Waals surface area contributed by atoms with Crippen molar-refractivity contribution in [3.63, 3.8) is 0 Å². The first kappa shape index (κ1) is 20.3. The third-order valence-electron chi connectivity index (χ3n) is 4.17. The number of carbonyl (C=O) groups excluding carboxylic acids is 1. The van der Waals surface area contributed by atoms with Crippen molar-refractivity contribution >= 4 is 22.5 Å². The number of benzene rings is 2. The van der Waals surface area contributed by atoms with Gasteiger partial charge in [-0.1, -0.05) is 25.1 Å². The summed E-state index contributed by atoms with van der Waals surface area (Å²) in [6.07, 6.45) is 1.14. The molecule has 0 saturated heterocycles. The van der Waals surface area contributed by atoms with Crippen LogP contribution in [0.4, 0.5) is 10.1 Å². The summed E-state index contributed by atoms with van der Waals surface area (Å²) >= 11 is 0. The fourth-order valence-electron chi connectivity index (χ4n) is 2.91. The van der Waals surface area contributed by atoms with Gasteiger partial charge < -0.3 is 10.8 Å². The number of amides is 1. The van der Waals surface area contributed by atoms with Gasteiger partial charge >= 0.3 is 0 Å². The van der Waals surface area contributed by atoms with E-state index in [1.807, 2.05) is 26.0 Å². The largest absolute Gasteiger partial charge is 0.412 e. The van der Waals surface area contributed by atoms with E-state index in [4.69, 9.17) is 0 Å². The molecule has 0 aliphatic rings. The van der Waals surface area contributed by atoms with Crippen LogP contribution >= 0.6 is 0 Å². The first-order chi connectivity index (χ1) is 12.5. The van der Waals surface area contributed by atoms with Crippen LogP contribution in [-0.4, -0.2) is 20.9 Å². The molecule has 3 aromatic rings. The molecule has 0 saturated carbocycles. The summed E-state index contributed by atoms with van der Waals surface area (Å²) in [4.78, 5) is 29.2. The summed E-state index contributed by atoms with van der Waals surface area (Å²) in [5.74, 6) is -0.0565. The van der Waals surface area contributed by atoms with Crippen LogP contribution in [0.25, 0.3) is 16.6 Å². The number of hydrogen-bond donors (Lipinski definition) is 1. The first-order valence-electron chi connectivity index (χ1n) is 8.52. The van der Waals surface area contributed by atoms with Crippen LogP contribution in [0.5, 0.6) is 0 Å². The van der Waals surface area contributed by atoms with E-state index in [9.17, 15) is 14.0 Å². The van der Waals surface area contributed by atoms with Crippen LogP contribution < -0.4 is 10.9 Å². The third-order valence-corrected chi connectivity index (χ3v) is 4.17. The number of alkyl halides is 1. The summed E-state index contributed by atoms with van der Waals surface area (Å²) in [7, 11) is 0. The lowest BCUT2D eigenvalue weighted by Crippen LogP contribution is -2.24. The first-order valence-corrected chi connectivity index (χ1v) is 8.52. The Morgan fingerprint density at radius 1 is 1.22 bits per heavy atom. The Hall–Kier alpha value is -3.06. The summed E-state index contributed by atoms with van der Waals surface area (Å²) in [6.45, 7) is 2.92. The van der Waals surface area contributed by atoms with Crippen molar-refractivity contribution in [2.45, 2.75) is 33.4 Å². The molecule has 0 fully saturated rings. The molecule has 0 atom stereocenters. The highest BCUT2D eigenvalue weighted by Crippen LogP contribution is 2.19. The lowest BCUT2D eigenvalue weighted by molar-refractivity contribution is -0.116. The van der Waals surface area contributed by atoms with Gasteiger partial charge in [-0.2, -0.15) is 0 Å². The number of aryl methyl sites for hydroxylation is 1. The van der Waals surface area contributed by atoms with Crippen LogP contribution in [0.2, 0.25) is 0 Å². The third kappa shape index (κ3) is 4.03. The predicted octanol–water partition coefficient (Wildman–Crippen LogP) is 3.08. The predicted molar refractivity (Wildman–Crippen MR) is 104 cm³/mol. The van der Waals surface area contributed by atoms with E-state index >= 15 is 0 Å². The van der Waals surface area contributed by atoms with E-state index in [0.29, 0.717) is 28.7 Å². The van der Waals surface area contributed by atoms with Gasteiger partial charge in [0.15, 0.2) is 0 Å². The molecular formula is C20H22FN3O3. The second-order valence-electron chi connectivity index (χ2n) is 6.12. The van der Waals surface area contributed by atoms with E-state index in [1.165, 1.54) is 4.57 Å². The summed E-state index contributed by atoms with van der Waals surface area (Å²) in [5.41, 5.74) is 2.02. The topological polar surface area (TPSA) is 95.5 Å². The van der Waals surface area contributed by atoms with E-state index in [1.54, 1.807) is 30.3 Å². The maximum absolute atomic E-state index is 13.6. The molecule has 7 heteroatoms. The minimum atomic E-state index is -0.853. The molecule has 27 heavy (non-hydrogen) atoms. The maximum Gasteiger partial charge on any atom is 0.266 e. The standard InChI is InChI=1S/C20H20FN3O2.H2O/c1-3-6-19(25)22-14-9-10-16-15(11-14)20(26)24(18(12-21)23-16)17-8-5-4-7-13(17)2;/h4-5,7-11H,3,6,12H2,1-2H3,(H,22,25);1H2. The highest BCUT2D eigenvalue weighted by atomic mass is 19.1. The van der Waals surface area contributed by atoms with Gasteiger partial charge in [0, 0.05) is 12.1 Å². The number of nitrogens with one attached hydrogen (secondary N) is 1. The van der Waals surface area contributed by atoms with Crippen molar-refractivity contribution in [1.29, 1.82) is 0 Å². The average Bonchev–Trinajstić information content (AvgIpc) is 2.63. The molecule has 2 aromatic carbocycles. The van der Waals surface area contributed by atoms with Gasteiger partial charge in [-0.15, -0.1) is 0 Å². The SMILES string of the molecule is CCCC(=O)Nc1ccc2nc(CF)n(-c3ccccc3C)c(=O)c2c1.O. The van der Waals surface area contributed by atoms with Gasteiger partial charge in [0.1, 0.15) is 12.5 Å². The van der Waals surface area contributed by atoms with Gasteiger partial charge in [-0.25, -0.2) is 9.37 Å². The zero-order valence-corrected chi connectivity index (χ0v) is 15.3. The zero-order chi connectivity index (χ0) is 18.7. The lowest BCUT2D eigenvalue weighted by Gasteiger charge is -2.14. The summed E-state index contributed by atoms with van der Waals surface area (Å²) in [5, 5.41) is 3.11. The van der Waals surface area contributed by atoms with Gasteiger partial charge in [0.05, 0.1) is 16.6 Å². The fourth-order valence-corrected chi connectivity index (χ4v) is 2.91. The normalized spacial score (nSPS) is 10.5. The molecule has 0 spiro atoms. The van der Waals surface area contributed by atoms with Gasteiger partial charge in [-0.05, 0) is 43.2 Å². The number of rotatable bonds is 5. The van der Waals surface area contributed by atoms with Crippen molar-refractivity contribution in [2.24, 2.45) is 0 Å². The van der Waals surface area contributed by atoms with Gasteiger partial charge in [0.2, 0.25) is 5.91 Å². The van der Waals surface area contributed by atoms with Crippen molar-refractivity contribution in [2.75, 3.05) is 5.32 Å². The molecule has 0 aliphatic heterocycles. The van der Waals surface area contributed by atoms with Crippen LogP contribution in [-0.2, 0) is 11.5 Å². The van der Waals surface area contributed by atoms with E-state index < -0.39 is 6.67 Å². The number of fused-ring (bicyclic) bond motifs is 1. The van der Waals surface area contributed by atoms with Gasteiger partial charge in [-0.3, -0.25) is 14.2 Å². The Bertz CT molecular complexity index is 1030. The number of para-hydroxylation sites is 1. The molecule has 3 N–H and O–H groups in total. The zero-order valence-electron chi connectivity index (χ0n) is 15.3. The number of aromatic nitrogens is 2. The van der Waals surface area contributed by atoms with E-state index in [-0.39, 0.29) is 22.8 Å². The molecule has 0 radical (unpaired) electrons. The molecule has 1 heterocycles. The van der Waals surface area contributed by atoms with Crippen LogP contribution in [0.1, 0.15) is 31.2 Å². The number of anilines is 1. The quantitative estimate of drug-likeness (QED) is 0.746. The number of hydrogen-bond acceptors (Lipinski definition) is 3. The van der Waals surface area contributed by atoms with Gasteiger partial charge in [0.25, 0.3) is 5.56 Å². The van der Waals surface area contributed by atoms with E-state index in [2.05, 4.69) is 10.3 Å². The highest BCUT2D eigenvalue weighted by molar-refractivity contribution is 5.93. The molecule has 6 nitrogen and oxygen atoms in total.